The lowest BCUT2D eigenvalue weighted by molar-refractivity contribution is 0.101. The normalized spacial score (nSPS) is 17.5. The van der Waals surface area contributed by atoms with Crippen molar-refractivity contribution in [2.45, 2.75) is 32.6 Å². The van der Waals surface area contributed by atoms with Crippen molar-refractivity contribution in [3.8, 4) is 11.1 Å². The van der Waals surface area contributed by atoms with Gasteiger partial charge in [0.25, 0.3) is 0 Å². The molecule has 3 nitrogen and oxygen atoms in total. The fraction of sp³-hybridized carbons (Fsp3) is 0.263. The fourth-order valence-electron chi connectivity index (χ4n) is 3.13. The van der Waals surface area contributed by atoms with E-state index in [0.29, 0.717) is 0 Å². The second kappa shape index (κ2) is 5.09. The van der Waals surface area contributed by atoms with E-state index >= 15 is 0 Å². The van der Waals surface area contributed by atoms with Crippen LogP contribution >= 0.6 is 0 Å². The molecular formula is C19H19NO2. The Morgan fingerprint density at radius 3 is 2.32 bits per heavy atom. The summed E-state index contributed by atoms with van der Waals surface area (Å²) in [6.45, 7) is 5.89. The van der Waals surface area contributed by atoms with E-state index in [4.69, 9.17) is 5.21 Å². The minimum Gasteiger partial charge on any atom is -0.411 e. The minimum absolute atomic E-state index is 0.0355. The highest BCUT2D eigenvalue weighted by molar-refractivity contribution is 6.06. The van der Waals surface area contributed by atoms with Gasteiger partial charge in [-0.1, -0.05) is 55.4 Å². The molecule has 0 amide bonds. The van der Waals surface area contributed by atoms with E-state index in [2.05, 4.69) is 25.1 Å². The molecule has 0 heterocycles. The van der Waals surface area contributed by atoms with Gasteiger partial charge in [-0.05, 0) is 35.1 Å². The van der Waals surface area contributed by atoms with Gasteiger partial charge in [0.2, 0.25) is 0 Å². The monoisotopic (exact) mass is 293 g/mol. The van der Waals surface area contributed by atoms with Crippen LogP contribution in [0.2, 0.25) is 0 Å². The molecule has 3 heteroatoms. The Morgan fingerprint density at radius 2 is 1.73 bits per heavy atom. The van der Waals surface area contributed by atoms with E-state index < -0.39 is 0 Å². The molecule has 0 fully saturated rings. The van der Waals surface area contributed by atoms with Gasteiger partial charge in [0.05, 0.1) is 5.71 Å². The van der Waals surface area contributed by atoms with Gasteiger partial charge in [-0.3, -0.25) is 4.79 Å². The first-order valence-corrected chi connectivity index (χ1v) is 7.39. The Balaban J connectivity index is 2.06. The lowest BCUT2D eigenvalue weighted by Crippen LogP contribution is -2.12. The molecule has 0 spiro atoms. The molecule has 0 unspecified atom stereocenters. The second-order valence-corrected chi connectivity index (χ2v) is 6.50. The SMILES string of the molecule is CC(=O)c1ccc(-c2ccc3c(c2)C(C)(C)C/C3=N\O)cc1. The number of hydrogen-bond donors (Lipinski definition) is 1. The molecule has 1 aliphatic carbocycles. The third kappa shape index (κ3) is 2.33. The standard InChI is InChI=1S/C19H19NO2/c1-12(21)13-4-6-14(7-5-13)15-8-9-16-17(10-15)19(2,3)11-18(16)20-22/h4-10,22H,11H2,1-3H3/b20-18+. The van der Waals surface area contributed by atoms with E-state index in [1.54, 1.807) is 6.92 Å². The molecule has 0 atom stereocenters. The molecule has 0 saturated heterocycles. The average molecular weight is 293 g/mol. The maximum Gasteiger partial charge on any atom is 0.159 e. The van der Waals surface area contributed by atoms with Crippen LogP contribution in [0.4, 0.5) is 0 Å². The highest BCUT2D eigenvalue weighted by atomic mass is 16.4. The first-order chi connectivity index (χ1) is 10.4. The quantitative estimate of drug-likeness (QED) is 0.506. The van der Waals surface area contributed by atoms with Gasteiger partial charge >= 0.3 is 0 Å². The predicted octanol–water partition coefficient (Wildman–Crippen LogP) is 4.42. The third-order valence-electron chi connectivity index (χ3n) is 4.41. The summed E-state index contributed by atoms with van der Waals surface area (Å²) in [5.41, 5.74) is 5.86. The molecule has 2 aromatic carbocycles. The van der Waals surface area contributed by atoms with Gasteiger partial charge in [-0.15, -0.1) is 0 Å². The molecule has 112 valence electrons. The Kier molecular flexibility index (Phi) is 3.36. The fourth-order valence-corrected chi connectivity index (χ4v) is 3.13. The van der Waals surface area contributed by atoms with Crippen molar-refractivity contribution >= 4 is 11.5 Å². The summed E-state index contributed by atoms with van der Waals surface area (Å²) in [7, 11) is 0. The zero-order valence-electron chi connectivity index (χ0n) is 13.1. The molecule has 0 aromatic heterocycles. The number of carbonyl (C=O) groups excluding carboxylic acids is 1. The molecule has 0 aliphatic heterocycles. The number of benzene rings is 2. The lowest BCUT2D eigenvalue weighted by Gasteiger charge is -2.18. The molecule has 22 heavy (non-hydrogen) atoms. The largest absolute Gasteiger partial charge is 0.411 e. The van der Waals surface area contributed by atoms with Crippen molar-refractivity contribution in [3.63, 3.8) is 0 Å². The van der Waals surface area contributed by atoms with Crippen molar-refractivity contribution in [3.05, 3.63) is 59.2 Å². The second-order valence-electron chi connectivity index (χ2n) is 6.50. The molecule has 2 aromatic rings. The topological polar surface area (TPSA) is 49.7 Å². The smallest absolute Gasteiger partial charge is 0.159 e. The van der Waals surface area contributed by atoms with Gasteiger partial charge in [0, 0.05) is 17.5 Å². The number of oxime groups is 1. The molecule has 0 bridgehead atoms. The Morgan fingerprint density at radius 1 is 1.09 bits per heavy atom. The number of rotatable bonds is 2. The van der Waals surface area contributed by atoms with Crippen molar-refractivity contribution in [2.75, 3.05) is 0 Å². The number of fused-ring (bicyclic) bond motifs is 1. The summed E-state index contributed by atoms with van der Waals surface area (Å²) in [6, 6.07) is 13.9. The maximum absolute atomic E-state index is 11.4. The Hall–Kier alpha value is -2.42. The Bertz CT molecular complexity index is 771. The van der Waals surface area contributed by atoms with Gasteiger partial charge in [-0.2, -0.15) is 0 Å². The summed E-state index contributed by atoms with van der Waals surface area (Å²) in [6.07, 6.45) is 0.742. The number of carbonyl (C=O) groups is 1. The molecule has 0 radical (unpaired) electrons. The lowest BCUT2D eigenvalue weighted by atomic mass is 9.85. The average Bonchev–Trinajstić information content (AvgIpc) is 2.78. The molecular weight excluding hydrogens is 274 g/mol. The van der Waals surface area contributed by atoms with Crippen LogP contribution in [0.5, 0.6) is 0 Å². The van der Waals surface area contributed by atoms with E-state index in [9.17, 15) is 4.79 Å². The summed E-state index contributed by atoms with van der Waals surface area (Å²) in [5, 5.41) is 12.6. The highest BCUT2D eigenvalue weighted by Gasteiger charge is 2.34. The van der Waals surface area contributed by atoms with Crippen LogP contribution in [-0.4, -0.2) is 16.7 Å². The van der Waals surface area contributed by atoms with Crippen LogP contribution in [-0.2, 0) is 5.41 Å². The van der Waals surface area contributed by atoms with Gasteiger partial charge < -0.3 is 5.21 Å². The zero-order valence-corrected chi connectivity index (χ0v) is 13.1. The molecule has 3 rings (SSSR count). The number of Topliss-reactive ketones (excluding diaryl/α,β-unsaturated/α-hetero) is 1. The number of ketones is 1. The maximum atomic E-state index is 11.4. The number of nitrogens with zero attached hydrogens (tertiary/aromatic N) is 1. The van der Waals surface area contributed by atoms with Crippen molar-refractivity contribution in [1.29, 1.82) is 0 Å². The summed E-state index contributed by atoms with van der Waals surface area (Å²) < 4.78 is 0. The van der Waals surface area contributed by atoms with Crippen LogP contribution in [0.1, 0.15) is 48.7 Å². The third-order valence-corrected chi connectivity index (χ3v) is 4.41. The zero-order chi connectivity index (χ0) is 15.9. The molecule has 1 N–H and O–H groups in total. The highest BCUT2D eigenvalue weighted by Crippen LogP contribution is 2.40. The van der Waals surface area contributed by atoms with Crippen molar-refractivity contribution in [1.82, 2.24) is 0 Å². The molecule has 1 aliphatic rings. The van der Waals surface area contributed by atoms with Crippen LogP contribution in [0.15, 0.2) is 47.6 Å². The molecule has 0 saturated carbocycles. The minimum atomic E-state index is -0.0355. The van der Waals surface area contributed by atoms with Gasteiger partial charge in [0.1, 0.15) is 0 Å². The van der Waals surface area contributed by atoms with Gasteiger partial charge in [0.15, 0.2) is 5.78 Å². The summed E-state index contributed by atoms with van der Waals surface area (Å²) in [4.78, 5) is 11.4. The van der Waals surface area contributed by atoms with Crippen LogP contribution in [0.3, 0.4) is 0 Å². The first-order valence-electron chi connectivity index (χ1n) is 7.39. The van der Waals surface area contributed by atoms with Crippen LogP contribution < -0.4 is 0 Å². The first kappa shape index (κ1) is 14.5. The van der Waals surface area contributed by atoms with Crippen molar-refractivity contribution < 1.29 is 10.0 Å². The van der Waals surface area contributed by atoms with E-state index in [-0.39, 0.29) is 11.2 Å². The summed E-state index contributed by atoms with van der Waals surface area (Å²) >= 11 is 0. The van der Waals surface area contributed by atoms with Crippen molar-refractivity contribution in [2.24, 2.45) is 5.16 Å². The predicted molar refractivity (Wildman–Crippen MR) is 87.8 cm³/mol. The van der Waals surface area contributed by atoms with E-state index in [1.807, 2.05) is 36.4 Å². The Labute approximate surface area is 130 Å². The van der Waals surface area contributed by atoms with Crippen LogP contribution in [0.25, 0.3) is 11.1 Å². The van der Waals surface area contributed by atoms with Crippen LogP contribution in [0, 0.1) is 0 Å². The summed E-state index contributed by atoms with van der Waals surface area (Å²) in [5.74, 6) is 0.0745. The van der Waals surface area contributed by atoms with E-state index in [1.165, 1.54) is 5.56 Å². The number of hydrogen-bond acceptors (Lipinski definition) is 3. The van der Waals surface area contributed by atoms with E-state index in [0.717, 1.165) is 34.4 Å². The van der Waals surface area contributed by atoms with Gasteiger partial charge in [-0.25, -0.2) is 0 Å².